The van der Waals surface area contributed by atoms with Gasteiger partial charge in [-0.15, -0.1) is 0 Å². The summed E-state index contributed by atoms with van der Waals surface area (Å²) in [5.41, 5.74) is 1.64. The molecule has 5 nitrogen and oxygen atoms in total. The molecule has 0 amide bonds. The molecule has 6 heteroatoms. The van der Waals surface area contributed by atoms with E-state index >= 15 is 0 Å². The number of hydrogen-bond acceptors (Lipinski definition) is 4. The van der Waals surface area contributed by atoms with E-state index in [0.29, 0.717) is 16.6 Å². The standard InChI is InChI=1S/C13H18N4OS/c1-8-3-4-9(5-8)6-17-11-10(16-13(17)19)12(18-2)15-7-14-11/h7-9H,3-6H2,1-2H3,(H,16,19). The second kappa shape index (κ2) is 4.92. The first kappa shape index (κ1) is 12.6. The van der Waals surface area contributed by atoms with Crippen molar-refractivity contribution in [2.24, 2.45) is 11.8 Å². The molecule has 2 heterocycles. The Morgan fingerprint density at radius 2 is 2.32 bits per heavy atom. The quantitative estimate of drug-likeness (QED) is 0.877. The van der Waals surface area contributed by atoms with Gasteiger partial charge in [-0.2, -0.15) is 4.98 Å². The molecule has 0 bridgehead atoms. The SMILES string of the molecule is COc1ncnc2c1[nH]c(=S)n2CC1CCC(C)C1. The Labute approximate surface area is 117 Å². The van der Waals surface area contributed by atoms with Crippen LogP contribution >= 0.6 is 12.2 Å². The number of rotatable bonds is 3. The van der Waals surface area contributed by atoms with Gasteiger partial charge < -0.3 is 14.3 Å². The maximum atomic E-state index is 5.41. The molecule has 3 rings (SSSR count). The molecule has 0 saturated heterocycles. The molecule has 2 atom stereocenters. The Kier molecular flexibility index (Phi) is 3.26. The Balaban J connectivity index is 1.99. The summed E-state index contributed by atoms with van der Waals surface area (Å²) in [5, 5.41) is 0. The van der Waals surface area contributed by atoms with Gasteiger partial charge in [0.15, 0.2) is 10.4 Å². The van der Waals surface area contributed by atoms with Gasteiger partial charge in [-0.3, -0.25) is 0 Å². The third kappa shape index (κ3) is 2.25. The number of ether oxygens (including phenoxy) is 1. The van der Waals surface area contributed by atoms with Gasteiger partial charge in [-0.25, -0.2) is 4.98 Å². The second-order valence-electron chi connectivity index (χ2n) is 5.41. The third-order valence-corrected chi connectivity index (χ3v) is 4.29. The molecule has 1 aliphatic rings. The molecule has 2 aromatic rings. The fraction of sp³-hybridized carbons (Fsp3) is 0.615. The van der Waals surface area contributed by atoms with E-state index in [1.54, 1.807) is 7.11 Å². The van der Waals surface area contributed by atoms with Gasteiger partial charge in [0.05, 0.1) is 7.11 Å². The molecule has 1 N–H and O–H groups in total. The Morgan fingerprint density at radius 1 is 1.47 bits per heavy atom. The molecular weight excluding hydrogens is 260 g/mol. The van der Waals surface area contributed by atoms with Gasteiger partial charge >= 0.3 is 0 Å². The van der Waals surface area contributed by atoms with Crippen molar-refractivity contribution < 1.29 is 4.74 Å². The highest BCUT2D eigenvalue weighted by Crippen LogP contribution is 2.32. The normalized spacial score (nSPS) is 23.1. The Morgan fingerprint density at radius 3 is 3.00 bits per heavy atom. The molecule has 2 aromatic heterocycles. The monoisotopic (exact) mass is 278 g/mol. The van der Waals surface area contributed by atoms with Crippen LogP contribution in [0.5, 0.6) is 5.88 Å². The first-order valence-electron chi connectivity index (χ1n) is 6.66. The van der Waals surface area contributed by atoms with Crippen LogP contribution in [-0.4, -0.2) is 26.6 Å². The smallest absolute Gasteiger partial charge is 0.242 e. The predicted octanol–water partition coefficient (Wildman–Crippen LogP) is 2.93. The molecular formula is C13H18N4OS. The fourth-order valence-electron chi connectivity index (χ4n) is 3.02. The maximum absolute atomic E-state index is 5.41. The van der Waals surface area contributed by atoms with E-state index in [1.807, 2.05) is 0 Å². The summed E-state index contributed by atoms with van der Waals surface area (Å²) >= 11 is 5.41. The number of nitrogens with zero attached hydrogens (tertiary/aromatic N) is 3. The molecule has 0 radical (unpaired) electrons. The van der Waals surface area contributed by atoms with Crippen molar-refractivity contribution in [1.82, 2.24) is 19.5 Å². The van der Waals surface area contributed by atoms with Crippen molar-refractivity contribution in [2.45, 2.75) is 32.7 Å². The van der Waals surface area contributed by atoms with Gasteiger partial charge in [0, 0.05) is 6.54 Å². The van der Waals surface area contributed by atoms with Crippen molar-refractivity contribution in [1.29, 1.82) is 0 Å². The van der Waals surface area contributed by atoms with E-state index in [9.17, 15) is 0 Å². The number of H-pyrrole nitrogens is 1. The van der Waals surface area contributed by atoms with E-state index in [-0.39, 0.29) is 0 Å². The van der Waals surface area contributed by atoms with Crippen LogP contribution in [0.1, 0.15) is 26.2 Å². The summed E-state index contributed by atoms with van der Waals surface area (Å²) in [6.45, 7) is 3.25. The zero-order chi connectivity index (χ0) is 13.4. The van der Waals surface area contributed by atoms with Crippen LogP contribution in [-0.2, 0) is 6.54 Å². The molecule has 0 spiro atoms. The van der Waals surface area contributed by atoms with Gasteiger partial charge in [-0.05, 0) is 36.9 Å². The van der Waals surface area contributed by atoms with Crippen LogP contribution in [0.4, 0.5) is 0 Å². The summed E-state index contributed by atoms with van der Waals surface area (Å²) in [4.78, 5) is 11.6. The van der Waals surface area contributed by atoms with E-state index in [4.69, 9.17) is 17.0 Å². The first-order chi connectivity index (χ1) is 9.19. The largest absolute Gasteiger partial charge is 0.479 e. The second-order valence-corrected chi connectivity index (χ2v) is 5.79. The molecule has 102 valence electrons. The third-order valence-electron chi connectivity index (χ3n) is 3.96. The molecule has 1 saturated carbocycles. The van der Waals surface area contributed by atoms with Crippen molar-refractivity contribution in [3.8, 4) is 5.88 Å². The molecule has 2 unspecified atom stereocenters. The summed E-state index contributed by atoms with van der Waals surface area (Å²) in [7, 11) is 1.61. The highest BCUT2D eigenvalue weighted by Gasteiger charge is 2.23. The van der Waals surface area contributed by atoms with Crippen LogP contribution in [0.2, 0.25) is 0 Å². The summed E-state index contributed by atoms with van der Waals surface area (Å²) < 4.78 is 8.02. The van der Waals surface area contributed by atoms with Crippen molar-refractivity contribution in [3.05, 3.63) is 11.1 Å². The average molecular weight is 278 g/mol. The van der Waals surface area contributed by atoms with Crippen LogP contribution in [0.25, 0.3) is 11.2 Å². The number of methoxy groups -OCH3 is 1. The molecule has 1 fully saturated rings. The van der Waals surface area contributed by atoms with Crippen molar-refractivity contribution in [2.75, 3.05) is 7.11 Å². The minimum absolute atomic E-state index is 0.551. The van der Waals surface area contributed by atoms with E-state index in [2.05, 4.69) is 26.4 Å². The average Bonchev–Trinajstić information content (AvgIpc) is 2.94. The van der Waals surface area contributed by atoms with E-state index in [0.717, 1.165) is 23.6 Å². The van der Waals surface area contributed by atoms with Crippen LogP contribution in [0.15, 0.2) is 6.33 Å². The molecule has 1 aliphatic carbocycles. The highest BCUT2D eigenvalue weighted by molar-refractivity contribution is 7.71. The number of fused-ring (bicyclic) bond motifs is 1. The zero-order valence-electron chi connectivity index (χ0n) is 11.2. The molecule has 0 aromatic carbocycles. The van der Waals surface area contributed by atoms with Crippen LogP contribution < -0.4 is 4.74 Å². The Bertz CT molecular complexity index is 648. The summed E-state index contributed by atoms with van der Waals surface area (Å²) in [6, 6.07) is 0. The predicted molar refractivity (Wildman–Crippen MR) is 75.8 cm³/mol. The molecule has 0 aliphatic heterocycles. The minimum Gasteiger partial charge on any atom is -0.479 e. The highest BCUT2D eigenvalue weighted by atomic mass is 32.1. The van der Waals surface area contributed by atoms with Gasteiger partial charge in [0.2, 0.25) is 5.88 Å². The first-order valence-corrected chi connectivity index (χ1v) is 7.07. The number of hydrogen-bond donors (Lipinski definition) is 1. The number of aromatic nitrogens is 4. The molecule has 19 heavy (non-hydrogen) atoms. The van der Waals surface area contributed by atoms with Crippen molar-refractivity contribution >= 4 is 23.4 Å². The maximum Gasteiger partial charge on any atom is 0.242 e. The lowest BCUT2D eigenvalue weighted by Crippen LogP contribution is -2.08. The number of nitrogens with one attached hydrogen (secondary N) is 1. The van der Waals surface area contributed by atoms with Crippen LogP contribution in [0, 0.1) is 16.6 Å². The van der Waals surface area contributed by atoms with Gasteiger partial charge in [0.25, 0.3) is 0 Å². The topological polar surface area (TPSA) is 55.7 Å². The summed E-state index contributed by atoms with van der Waals surface area (Å²) in [6.07, 6.45) is 5.39. The van der Waals surface area contributed by atoms with E-state index in [1.165, 1.54) is 25.6 Å². The number of aromatic amines is 1. The number of imidazole rings is 1. The van der Waals surface area contributed by atoms with Gasteiger partial charge in [0.1, 0.15) is 11.8 Å². The minimum atomic E-state index is 0.551. The van der Waals surface area contributed by atoms with E-state index < -0.39 is 0 Å². The van der Waals surface area contributed by atoms with Crippen LogP contribution in [0.3, 0.4) is 0 Å². The van der Waals surface area contributed by atoms with Gasteiger partial charge in [-0.1, -0.05) is 13.3 Å². The Hall–Kier alpha value is -1.43. The lowest BCUT2D eigenvalue weighted by molar-refractivity contribution is 0.401. The lowest BCUT2D eigenvalue weighted by Gasteiger charge is -2.11. The fourth-order valence-corrected chi connectivity index (χ4v) is 3.28. The zero-order valence-corrected chi connectivity index (χ0v) is 12.0. The lowest BCUT2D eigenvalue weighted by atomic mass is 10.1. The summed E-state index contributed by atoms with van der Waals surface area (Å²) in [5.74, 6) is 2.07. The van der Waals surface area contributed by atoms with Crippen molar-refractivity contribution in [3.63, 3.8) is 0 Å².